The number of aromatic nitrogens is 3. The summed E-state index contributed by atoms with van der Waals surface area (Å²) in [5.74, 6) is 1.19. The van der Waals surface area contributed by atoms with Crippen molar-refractivity contribution >= 4 is 72.7 Å². The third kappa shape index (κ3) is 14.6. The van der Waals surface area contributed by atoms with E-state index in [-0.39, 0.29) is 105 Å². The molecule has 23 nitrogen and oxygen atoms in total. The fourth-order valence-electron chi connectivity index (χ4n) is 7.45. The van der Waals surface area contributed by atoms with Gasteiger partial charge in [-0.15, -0.1) is 0 Å². The summed E-state index contributed by atoms with van der Waals surface area (Å²) in [5.41, 5.74) is 5.55. The second kappa shape index (κ2) is 25.8. The number of carbonyl (C=O) groups excluding carboxylic acids is 3. The van der Waals surface area contributed by atoms with Gasteiger partial charge in [0.15, 0.2) is 0 Å². The number of nitrogens with zero attached hydrogens (tertiary/aromatic N) is 6. The standard InChI is InChI=1S/C34H28B2N4O11.C17H15BN2O6/c1-21(41)43-13-15-45-33-29(37-3)9-11-31(39-33)49-25-5-7-27-23(17-25)19-47-35(27)51-36-28-8-6-26(18-24(28)20-48-36)50-32-12-10-30(38-4)34(40-32)46-16-14-44-22(2)42;1-11(21)23-7-8-24-17-15(19-2)5-6-16(20-17)26-13-3-4-14-12(9-13)10-25-18(14)22/h5-12,17-18H,13-16,19-20H2,1-2H3;3-6,9,22H,7-8,10H2,1H3. The highest BCUT2D eigenvalue weighted by Gasteiger charge is 2.40. The lowest BCUT2D eigenvalue weighted by Crippen LogP contribution is -2.43. The van der Waals surface area contributed by atoms with Crippen LogP contribution in [0.15, 0.2) is 91.0 Å². The molecule has 0 spiro atoms. The lowest BCUT2D eigenvalue weighted by atomic mass is 9.71. The summed E-state index contributed by atoms with van der Waals surface area (Å²) in [6, 6.07) is 25.4. The molecule has 388 valence electrons. The van der Waals surface area contributed by atoms with Crippen molar-refractivity contribution in [3.05, 3.63) is 142 Å². The minimum atomic E-state index is -0.910. The number of fused-ring (bicyclic) bond motifs is 3. The van der Waals surface area contributed by atoms with Crippen LogP contribution in [0.1, 0.15) is 37.5 Å². The molecule has 77 heavy (non-hydrogen) atoms. The molecule has 3 aromatic carbocycles. The topological polar surface area (TPSA) is 243 Å². The number of hydrogen-bond donors (Lipinski definition) is 1. The van der Waals surface area contributed by atoms with E-state index in [1.165, 1.54) is 26.8 Å². The van der Waals surface area contributed by atoms with Gasteiger partial charge in [-0.25, -0.2) is 14.5 Å². The average Bonchev–Trinajstić information content (AvgIpc) is 4.14. The van der Waals surface area contributed by atoms with Crippen LogP contribution in [0.25, 0.3) is 14.5 Å². The third-order valence-electron chi connectivity index (χ3n) is 10.9. The highest BCUT2D eigenvalue weighted by Crippen LogP contribution is 2.34. The monoisotopic (exact) mass is 1040 g/mol. The quantitative estimate of drug-likeness (QED) is 0.0312. The van der Waals surface area contributed by atoms with Crippen LogP contribution in [0.2, 0.25) is 0 Å². The van der Waals surface area contributed by atoms with Crippen LogP contribution >= 0.6 is 0 Å². The van der Waals surface area contributed by atoms with Gasteiger partial charge in [-0.3, -0.25) is 14.4 Å². The van der Waals surface area contributed by atoms with Gasteiger partial charge in [-0.1, -0.05) is 18.2 Å². The molecule has 0 unspecified atom stereocenters. The van der Waals surface area contributed by atoms with E-state index in [9.17, 15) is 19.4 Å². The SMILES string of the molecule is [C-]#[N+]c1ccc(Oc2ccc3c(c2)COB3O)nc1OCCOC(C)=O.[C-]#[N+]c1ccc(Oc2ccc3c(c2)COB3OB2OCc3cc(Oc4ccc([N+]#[C-])c(OCCOC(C)=O)n4)ccc32)nc1OCCOC(C)=O. The Kier molecular flexibility index (Phi) is 18.1. The minimum absolute atomic E-state index is 0.0266. The second-order valence-electron chi connectivity index (χ2n) is 16.3. The maximum atomic E-state index is 11.0. The molecule has 3 aliphatic heterocycles. The molecular formula is C51H43B3N6O17. The average molecular weight is 1040 g/mol. The Balaban J connectivity index is 0.000000252. The number of carbonyl (C=O) groups is 3. The molecule has 3 aliphatic rings. The first-order valence-electron chi connectivity index (χ1n) is 23.4. The Labute approximate surface area is 441 Å². The van der Waals surface area contributed by atoms with Crippen molar-refractivity contribution < 1.29 is 80.6 Å². The highest BCUT2D eigenvalue weighted by atomic mass is 16.6. The smallest absolute Gasteiger partial charge is 0.483 e. The van der Waals surface area contributed by atoms with Gasteiger partial charge in [0, 0.05) is 20.8 Å². The molecular weight excluding hydrogens is 1000 g/mol. The maximum absolute atomic E-state index is 11.0. The highest BCUT2D eigenvalue weighted by molar-refractivity contribution is 6.75. The molecule has 0 bridgehead atoms. The van der Waals surface area contributed by atoms with E-state index in [4.69, 9.17) is 80.9 Å². The van der Waals surface area contributed by atoms with E-state index in [0.29, 0.717) is 29.3 Å². The zero-order valence-corrected chi connectivity index (χ0v) is 41.4. The number of hydrogen-bond acceptors (Lipinski definition) is 20. The number of esters is 3. The Hall–Kier alpha value is -9.22. The predicted octanol–water partition coefficient (Wildman–Crippen LogP) is 5.80. The van der Waals surface area contributed by atoms with Crippen molar-refractivity contribution in [2.24, 2.45) is 0 Å². The fraction of sp³-hybridized carbons (Fsp3) is 0.235. The molecule has 0 aliphatic carbocycles. The van der Waals surface area contributed by atoms with E-state index >= 15 is 0 Å². The Morgan fingerprint density at radius 2 is 0.831 bits per heavy atom. The second-order valence-corrected chi connectivity index (χ2v) is 16.3. The van der Waals surface area contributed by atoms with Gasteiger partial charge >= 0.3 is 39.3 Å². The summed E-state index contributed by atoms with van der Waals surface area (Å²) in [6.45, 7) is 26.9. The van der Waals surface area contributed by atoms with Crippen LogP contribution < -0.4 is 44.8 Å². The van der Waals surface area contributed by atoms with Crippen molar-refractivity contribution in [2.45, 2.75) is 40.6 Å². The van der Waals surface area contributed by atoms with Gasteiger partial charge in [0.05, 0.1) is 39.5 Å². The van der Waals surface area contributed by atoms with Gasteiger partial charge in [-0.2, -0.15) is 15.0 Å². The van der Waals surface area contributed by atoms with Gasteiger partial charge in [0.2, 0.25) is 52.3 Å². The fourth-order valence-corrected chi connectivity index (χ4v) is 7.45. The molecule has 0 atom stereocenters. The van der Waals surface area contributed by atoms with E-state index in [1.807, 2.05) is 24.3 Å². The lowest BCUT2D eigenvalue weighted by Gasteiger charge is -2.13. The molecule has 6 aromatic rings. The van der Waals surface area contributed by atoms with Crippen molar-refractivity contribution in [1.29, 1.82) is 0 Å². The molecule has 1 N–H and O–H groups in total. The summed E-state index contributed by atoms with van der Waals surface area (Å²) in [6.07, 6.45) is 0. The number of ether oxygens (including phenoxy) is 9. The summed E-state index contributed by atoms with van der Waals surface area (Å²) in [5, 5.41) is 9.64. The van der Waals surface area contributed by atoms with E-state index in [0.717, 1.165) is 27.6 Å². The van der Waals surface area contributed by atoms with Crippen LogP contribution in [0, 0.1) is 19.7 Å². The van der Waals surface area contributed by atoms with Crippen molar-refractivity contribution in [3.8, 4) is 52.5 Å². The van der Waals surface area contributed by atoms with Crippen LogP contribution in [-0.2, 0) is 66.9 Å². The Bertz CT molecular complexity index is 3150. The van der Waals surface area contributed by atoms with E-state index in [1.54, 1.807) is 60.7 Å². The summed E-state index contributed by atoms with van der Waals surface area (Å²) < 4.78 is 71.9. The summed E-state index contributed by atoms with van der Waals surface area (Å²) >= 11 is 0. The predicted molar refractivity (Wildman–Crippen MR) is 271 cm³/mol. The molecule has 26 heteroatoms. The van der Waals surface area contributed by atoms with Gasteiger partial charge in [0.25, 0.3) is 0 Å². The Morgan fingerprint density at radius 3 is 1.18 bits per heavy atom. The van der Waals surface area contributed by atoms with E-state index < -0.39 is 39.3 Å². The Morgan fingerprint density at radius 1 is 0.494 bits per heavy atom. The van der Waals surface area contributed by atoms with Gasteiger partial charge < -0.3 is 66.2 Å². The lowest BCUT2D eigenvalue weighted by molar-refractivity contribution is -0.142. The molecule has 0 radical (unpaired) electrons. The van der Waals surface area contributed by atoms with Crippen LogP contribution in [-0.4, -0.2) is 98.9 Å². The van der Waals surface area contributed by atoms with Crippen LogP contribution in [0.4, 0.5) is 17.1 Å². The first-order valence-corrected chi connectivity index (χ1v) is 23.4. The molecule has 0 saturated heterocycles. The minimum Gasteiger partial charge on any atom is -0.483 e. The largest absolute Gasteiger partial charge is 0.491 e. The molecule has 0 fully saturated rings. The van der Waals surface area contributed by atoms with Crippen LogP contribution in [0.5, 0.6) is 52.5 Å². The molecule has 6 heterocycles. The molecule has 0 amide bonds. The zero-order chi connectivity index (χ0) is 54.3. The van der Waals surface area contributed by atoms with Crippen LogP contribution in [0.3, 0.4) is 0 Å². The molecule has 0 saturated carbocycles. The van der Waals surface area contributed by atoms with Crippen molar-refractivity contribution in [2.75, 3.05) is 39.6 Å². The summed E-state index contributed by atoms with van der Waals surface area (Å²) in [7, 11) is -2.27. The molecule has 9 rings (SSSR count). The van der Waals surface area contributed by atoms with E-state index in [2.05, 4.69) is 29.5 Å². The third-order valence-corrected chi connectivity index (χ3v) is 10.9. The number of benzene rings is 3. The van der Waals surface area contributed by atoms with Crippen molar-refractivity contribution in [1.82, 2.24) is 15.0 Å². The van der Waals surface area contributed by atoms with Gasteiger partial charge in [0.1, 0.15) is 56.9 Å². The number of rotatable bonds is 20. The zero-order valence-electron chi connectivity index (χ0n) is 41.4. The van der Waals surface area contributed by atoms with Crippen molar-refractivity contribution in [3.63, 3.8) is 0 Å². The van der Waals surface area contributed by atoms with Gasteiger partial charge in [-0.05, 0) is 106 Å². The number of pyridine rings is 3. The first-order chi connectivity index (χ1) is 37.4. The summed E-state index contributed by atoms with van der Waals surface area (Å²) in [4.78, 5) is 55.7. The first kappa shape index (κ1) is 54.1. The molecule has 3 aromatic heterocycles. The normalized spacial score (nSPS) is 12.5. The maximum Gasteiger partial charge on any atom is 0.491 e.